The average Bonchev–Trinajstić information content (AvgIpc) is 3.78. The summed E-state index contributed by atoms with van der Waals surface area (Å²) in [7, 11) is 3.02. The molecule has 1 unspecified atom stereocenters. The summed E-state index contributed by atoms with van der Waals surface area (Å²) in [6, 6.07) is 24.9. The lowest BCUT2D eigenvalue weighted by molar-refractivity contribution is -0.115. The van der Waals surface area contributed by atoms with Crippen LogP contribution >= 0.6 is 34.4 Å². The van der Waals surface area contributed by atoms with Crippen LogP contribution in [-0.2, 0) is 9.59 Å². The Bertz CT molecular complexity index is 1840. The van der Waals surface area contributed by atoms with Gasteiger partial charge in [-0.25, -0.2) is 4.98 Å². The second-order valence-electron chi connectivity index (χ2n) is 9.70. The van der Waals surface area contributed by atoms with E-state index in [0.29, 0.717) is 33.4 Å². The van der Waals surface area contributed by atoms with Gasteiger partial charge in [-0.05, 0) is 66.9 Å². The van der Waals surface area contributed by atoms with Crippen LogP contribution in [0.25, 0.3) is 16.6 Å². The molecule has 5 aromatic rings. The number of carbonyl (C=O) groups is 3. The van der Waals surface area contributed by atoms with Gasteiger partial charge in [0.15, 0.2) is 16.6 Å². The second kappa shape index (κ2) is 15.4. The van der Waals surface area contributed by atoms with Crippen molar-refractivity contribution in [3.8, 4) is 22.1 Å². The molecule has 0 aliphatic carbocycles. The normalized spacial score (nSPS) is 11.8. The molecule has 3 amide bonds. The van der Waals surface area contributed by atoms with E-state index < -0.39 is 17.1 Å². The lowest BCUT2D eigenvalue weighted by Crippen LogP contribution is -2.30. The number of thioether (sulfide) groups is 1. The van der Waals surface area contributed by atoms with Gasteiger partial charge in [0, 0.05) is 27.1 Å². The number of thiazole rings is 1. The number of para-hydroxylation sites is 1. The first-order valence-corrected chi connectivity index (χ1v) is 16.7. The van der Waals surface area contributed by atoms with Crippen molar-refractivity contribution in [2.45, 2.75) is 17.1 Å². The molecule has 234 valence electrons. The van der Waals surface area contributed by atoms with E-state index >= 15 is 0 Å². The van der Waals surface area contributed by atoms with Crippen molar-refractivity contribution in [3.05, 3.63) is 113 Å². The van der Waals surface area contributed by atoms with Crippen molar-refractivity contribution in [3.63, 3.8) is 0 Å². The third-order valence-corrected chi connectivity index (χ3v) is 9.33. The second-order valence-corrected chi connectivity index (χ2v) is 12.9. The Morgan fingerprint density at radius 2 is 1.65 bits per heavy atom. The number of rotatable bonds is 12. The van der Waals surface area contributed by atoms with Gasteiger partial charge in [0.2, 0.25) is 5.91 Å². The van der Waals surface area contributed by atoms with Crippen LogP contribution in [0.2, 0.25) is 0 Å². The highest BCUT2D eigenvalue weighted by Crippen LogP contribution is 2.33. The van der Waals surface area contributed by atoms with Crippen LogP contribution in [-0.4, -0.2) is 42.2 Å². The van der Waals surface area contributed by atoms with Gasteiger partial charge in [0.25, 0.3) is 11.8 Å². The first-order chi connectivity index (χ1) is 22.3. The van der Waals surface area contributed by atoms with Gasteiger partial charge in [-0.2, -0.15) is 0 Å². The number of nitrogens with one attached hydrogen (secondary N) is 3. The quantitative estimate of drug-likeness (QED) is 0.0934. The van der Waals surface area contributed by atoms with Crippen molar-refractivity contribution < 1.29 is 23.9 Å². The molecule has 0 saturated carbocycles. The fourth-order valence-electron chi connectivity index (χ4n) is 4.27. The minimum atomic E-state index is -0.535. The zero-order chi connectivity index (χ0) is 32.5. The number of hydrogen-bond donors (Lipinski definition) is 3. The van der Waals surface area contributed by atoms with E-state index in [1.807, 2.05) is 41.9 Å². The zero-order valence-corrected chi connectivity index (χ0v) is 27.6. The number of amides is 3. The monoisotopic (exact) mass is 670 g/mol. The summed E-state index contributed by atoms with van der Waals surface area (Å²) in [5, 5.41) is 12.5. The van der Waals surface area contributed by atoms with Crippen LogP contribution in [0.1, 0.15) is 22.8 Å². The van der Waals surface area contributed by atoms with Gasteiger partial charge in [0.05, 0.1) is 30.0 Å². The molecule has 0 aliphatic heterocycles. The number of aromatic nitrogens is 1. The number of methoxy groups -OCH3 is 2. The number of nitrogens with zero attached hydrogens (tertiary/aromatic N) is 1. The van der Waals surface area contributed by atoms with E-state index in [-0.39, 0.29) is 11.6 Å². The van der Waals surface area contributed by atoms with Gasteiger partial charge in [-0.3, -0.25) is 14.4 Å². The Balaban J connectivity index is 1.26. The molecule has 1 atom stereocenters. The van der Waals surface area contributed by atoms with Gasteiger partial charge in [-0.1, -0.05) is 36.4 Å². The van der Waals surface area contributed by atoms with Crippen LogP contribution < -0.4 is 25.4 Å². The Kier molecular flexibility index (Phi) is 10.9. The third kappa shape index (κ3) is 8.21. The third-order valence-electron chi connectivity index (χ3n) is 6.56. The highest BCUT2D eigenvalue weighted by atomic mass is 32.2. The average molecular weight is 671 g/mol. The molecule has 0 saturated heterocycles. The molecular weight excluding hydrogens is 641 g/mol. The Morgan fingerprint density at radius 3 is 2.35 bits per heavy atom. The molecule has 0 radical (unpaired) electrons. The van der Waals surface area contributed by atoms with Gasteiger partial charge < -0.3 is 25.4 Å². The summed E-state index contributed by atoms with van der Waals surface area (Å²) in [5.74, 6) is -0.236. The first kappa shape index (κ1) is 32.5. The summed E-state index contributed by atoms with van der Waals surface area (Å²) in [4.78, 5) is 45.8. The van der Waals surface area contributed by atoms with E-state index in [1.165, 1.54) is 43.4 Å². The topological polar surface area (TPSA) is 119 Å². The van der Waals surface area contributed by atoms with Crippen molar-refractivity contribution >= 4 is 69.1 Å². The smallest absolute Gasteiger partial charge is 0.272 e. The van der Waals surface area contributed by atoms with Crippen LogP contribution in [0.5, 0.6) is 11.5 Å². The molecule has 46 heavy (non-hydrogen) atoms. The summed E-state index contributed by atoms with van der Waals surface area (Å²) >= 11 is 4.37. The minimum Gasteiger partial charge on any atom is -0.493 e. The molecule has 3 aromatic carbocycles. The maximum Gasteiger partial charge on any atom is 0.272 e. The predicted octanol–water partition coefficient (Wildman–Crippen LogP) is 7.42. The number of benzene rings is 3. The molecule has 9 nitrogen and oxygen atoms in total. The Labute approximate surface area is 278 Å². The molecular formula is C34H30N4O5S3. The summed E-state index contributed by atoms with van der Waals surface area (Å²) in [6.07, 6.45) is 1.54. The number of hydrogen-bond acceptors (Lipinski definition) is 9. The fourth-order valence-corrected chi connectivity index (χ4v) is 6.61. The Morgan fingerprint density at radius 1 is 0.870 bits per heavy atom. The van der Waals surface area contributed by atoms with Crippen LogP contribution in [0, 0.1) is 0 Å². The first-order valence-electron chi connectivity index (χ1n) is 14.0. The van der Waals surface area contributed by atoms with E-state index in [1.54, 1.807) is 72.0 Å². The molecule has 0 bridgehead atoms. The summed E-state index contributed by atoms with van der Waals surface area (Å²) in [5.41, 5.74) is 2.30. The van der Waals surface area contributed by atoms with Crippen LogP contribution in [0.15, 0.2) is 106 Å². The highest BCUT2D eigenvalue weighted by Gasteiger charge is 2.19. The van der Waals surface area contributed by atoms with Crippen molar-refractivity contribution in [1.82, 2.24) is 10.3 Å². The summed E-state index contributed by atoms with van der Waals surface area (Å²) < 4.78 is 10.9. The number of anilines is 2. The zero-order valence-electron chi connectivity index (χ0n) is 25.1. The van der Waals surface area contributed by atoms with Crippen LogP contribution in [0.3, 0.4) is 0 Å². The molecule has 0 aliphatic rings. The molecule has 0 spiro atoms. The van der Waals surface area contributed by atoms with Gasteiger partial charge >= 0.3 is 0 Å². The van der Waals surface area contributed by atoms with E-state index in [2.05, 4.69) is 20.9 Å². The maximum atomic E-state index is 13.5. The predicted molar refractivity (Wildman–Crippen MR) is 186 cm³/mol. The number of thiophene rings is 1. The molecule has 0 fully saturated rings. The van der Waals surface area contributed by atoms with E-state index in [0.717, 1.165) is 15.5 Å². The minimum absolute atomic E-state index is 0.00794. The Hall–Kier alpha value is -4.91. The highest BCUT2D eigenvalue weighted by molar-refractivity contribution is 8.00. The molecule has 3 N–H and O–H groups in total. The molecule has 5 rings (SSSR count). The fraction of sp³-hybridized carbons (Fsp3) is 0.118. The lowest BCUT2D eigenvalue weighted by Gasteiger charge is -2.14. The van der Waals surface area contributed by atoms with Crippen molar-refractivity contribution in [1.29, 1.82) is 0 Å². The molecule has 2 heterocycles. The van der Waals surface area contributed by atoms with E-state index in [9.17, 15) is 14.4 Å². The van der Waals surface area contributed by atoms with Crippen molar-refractivity contribution in [2.24, 2.45) is 0 Å². The largest absolute Gasteiger partial charge is 0.493 e. The molecule has 12 heteroatoms. The van der Waals surface area contributed by atoms with Gasteiger partial charge in [-0.15, -0.1) is 34.4 Å². The summed E-state index contributed by atoms with van der Waals surface area (Å²) in [6.45, 7) is 1.82. The number of carbonyl (C=O) groups excluding carboxylic acids is 3. The maximum absolute atomic E-state index is 13.5. The van der Waals surface area contributed by atoms with E-state index in [4.69, 9.17) is 9.47 Å². The standard InChI is InChI=1S/C34H30N4O5S3/c1-21(31(39)38-34-37-27(20-45-34)29-13-8-18-44-29)46-25-16-14-24(15-17-25)35-33(41)26(36-32(40)22-9-5-4-6-10-22)19-23-11-7-12-28(42-2)30(23)43-3/h4-21H,1-3H3,(H,35,41)(H,36,40)(H,37,38,39)/b26-19-. The lowest BCUT2D eigenvalue weighted by atomic mass is 10.1. The molecule has 2 aromatic heterocycles. The van der Waals surface area contributed by atoms with Crippen molar-refractivity contribution in [2.75, 3.05) is 24.9 Å². The number of ether oxygens (including phenoxy) is 2. The SMILES string of the molecule is COc1cccc(/C=C(\NC(=O)c2ccccc2)C(=O)Nc2ccc(SC(C)C(=O)Nc3nc(-c4cccs4)cs3)cc2)c1OC. The van der Waals surface area contributed by atoms with Crippen LogP contribution in [0.4, 0.5) is 10.8 Å². The van der Waals surface area contributed by atoms with Gasteiger partial charge in [0.1, 0.15) is 5.70 Å².